The Labute approximate surface area is 109 Å². The van der Waals surface area contributed by atoms with E-state index in [1.807, 2.05) is 31.8 Å². The van der Waals surface area contributed by atoms with E-state index in [1.54, 1.807) is 0 Å². The van der Waals surface area contributed by atoms with E-state index in [-0.39, 0.29) is 11.9 Å². The number of nitrogens with zero attached hydrogens (tertiary/aromatic N) is 2. The van der Waals surface area contributed by atoms with Gasteiger partial charge in [0.2, 0.25) is 5.91 Å². The number of nitrogens with one attached hydrogen (secondary N) is 2. The van der Waals surface area contributed by atoms with E-state index >= 15 is 0 Å². The molecular weight excluding hydrogens is 228 g/mol. The second-order valence-corrected chi connectivity index (χ2v) is 5.19. The number of carbonyl (C=O) groups excluding carboxylic acids is 1. The van der Waals surface area contributed by atoms with Gasteiger partial charge in [-0.25, -0.2) is 0 Å². The summed E-state index contributed by atoms with van der Waals surface area (Å²) in [5.41, 5.74) is 2.25. The molecule has 0 saturated heterocycles. The largest absolute Gasteiger partial charge is 0.353 e. The molecule has 0 unspecified atom stereocenters. The van der Waals surface area contributed by atoms with Crippen LogP contribution in [0.15, 0.2) is 6.20 Å². The molecular formula is C13H24N4O. The van der Waals surface area contributed by atoms with E-state index < -0.39 is 0 Å². The van der Waals surface area contributed by atoms with Crippen LogP contribution in [0.25, 0.3) is 0 Å². The average molecular weight is 252 g/mol. The summed E-state index contributed by atoms with van der Waals surface area (Å²) in [5, 5.41) is 10.4. The molecule has 0 aromatic carbocycles. The highest BCUT2D eigenvalue weighted by atomic mass is 16.1. The molecule has 0 aliphatic heterocycles. The van der Waals surface area contributed by atoms with E-state index in [9.17, 15) is 4.79 Å². The first-order chi connectivity index (χ1) is 8.40. The number of amides is 1. The predicted molar refractivity (Wildman–Crippen MR) is 72.3 cm³/mol. The average Bonchev–Trinajstić information content (AvgIpc) is 2.58. The Kier molecular flexibility index (Phi) is 5.34. The van der Waals surface area contributed by atoms with Crippen molar-refractivity contribution in [3.63, 3.8) is 0 Å². The van der Waals surface area contributed by atoms with Gasteiger partial charge in [-0.15, -0.1) is 0 Å². The van der Waals surface area contributed by atoms with Crippen molar-refractivity contribution in [1.82, 2.24) is 20.4 Å². The van der Waals surface area contributed by atoms with Gasteiger partial charge < -0.3 is 10.6 Å². The first kappa shape index (κ1) is 14.7. The molecule has 1 heterocycles. The third-order valence-electron chi connectivity index (χ3n) is 2.53. The zero-order valence-electron chi connectivity index (χ0n) is 11.9. The minimum absolute atomic E-state index is 0.0278. The van der Waals surface area contributed by atoms with E-state index in [2.05, 4.69) is 29.6 Å². The number of aryl methyl sites for hydroxylation is 1. The number of aromatic nitrogens is 2. The van der Waals surface area contributed by atoms with Crippen LogP contribution in [0.4, 0.5) is 0 Å². The number of rotatable bonds is 6. The van der Waals surface area contributed by atoms with Crippen LogP contribution in [0, 0.1) is 0 Å². The monoisotopic (exact) mass is 252 g/mol. The summed E-state index contributed by atoms with van der Waals surface area (Å²) < 4.78 is 1.82. The van der Waals surface area contributed by atoms with Gasteiger partial charge in [0, 0.05) is 31.4 Å². The molecule has 102 valence electrons. The molecule has 0 radical (unpaired) electrons. The fourth-order valence-corrected chi connectivity index (χ4v) is 1.86. The molecule has 0 saturated carbocycles. The summed E-state index contributed by atoms with van der Waals surface area (Å²) in [6.07, 6.45) is 2.00. The van der Waals surface area contributed by atoms with Gasteiger partial charge in [-0.2, -0.15) is 5.10 Å². The Bertz CT molecular complexity index is 396. The van der Waals surface area contributed by atoms with Gasteiger partial charge in [-0.1, -0.05) is 13.8 Å². The molecule has 0 fully saturated rings. The molecule has 0 aliphatic carbocycles. The van der Waals surface area contributed by atoms with Gasteiger partial charge in [0.25, 0.3) is 0 Å². The van der Waals surface area contributed by atoms with Crippen LogP contribution in [0.5, 0.6) is 0 Å². The second-order valence-electron chi connectivity index (χ2n) is 5.19. The summed E-state index contributed by atoms with van der Waals surface area (Å²) in [7, 11) is 1.92. The molecule has 1 aromatic heterocycles. The quantitative estimate of drug-likeness (QED) is 0.798. The summed E-state index contributed by atoms with van der Waals surface area (Å²) in [5.74, 6) is 0.424. The van der Waals surface area contributed by atoms with Gasteiger partial charge in [0.1, 0.15) is 0 Å². The minimum Gasteiger partial charge on any atom is -0.353 e. The molecule has 0 bridgehead atoms. The van der Waals surface area contributed by atoms with Crippen molar-refractivity contribution in [3.05, 3.63) is 17.5 Å². The maximum Gasteiger partial charge on any atom is 0.234 e. The van der Waals surface area contributed by atoms with Crippen molar-refractivity contribution in [2.75, 3.05) is 6.54 Å². The van der Waals surface area contributed by atoms with Gasteiger partial charge >= 0.3 is 0 Å². The van der Waals surface area contributed by atoms with Crippen molar-refractivity contribution in [3.8, 4) is 0 Å². The van der Waals surface area contributed by atoms with E-state index in [0.29, 0.717) is 19.0 Å². The maximum absolute atomic E-state index is 11.5. The number of hydrogen-bond donors (Lipinski definition) is 2. The topological polar surface area (TPSA) is 59.0 Å². The van der Waals surface area contributed by atoms with Crippen LogP contribution < -0.4 is 10.6 Å². The molecule has 1 amide bonds. The molecule has 5 nitrogen and oxygen atoms in total. The lowest BCUT2D eigenvalue weighted by Crippen LogP contribution is -2.37. The van der Waals surface area contributed by atoms with Crippen LogP contribution in [0.3, 0.4) is 0 Å². The SMILES string of the molecule is CC(C)NC(=O)CNCc1cn(C)nc1C(C)C. The molecule has 0 aliphatic rings. The van der Waals surface area contributed by atoms with Crippen LogP contribution in [0.2, 0.25) is 0 Å². The lowest BCUT2D eigenvalue weighted by Gasteiger charge is -2.09. The van der Waals surface area contributed by atoms with Crippen molar-refractivity contribution >= 4 is 5.91 Å². The fraction of sp³-hybridized carbons (Fsp3) is 0.692. The molecule has 5 heteroatoms. The molecule has 18 heavy (non-hydrogen) atoms. The van der Waals surface area contributed by atoms with E-state index in [4.69, 9.17) is 0 Å². The minimum atomic E-state index is 0.0278. The highest BCUT2D eigenvalue weighted by molar-refractivity contribution is 5.78. The standard InChI is InChI=1S/C13H24N4O/c1-9(2)13-11(8-17(5)16-13)6-14-7-12(18)15-10(3)4/h8-10,14H,6-7H2,1-5H3,(H,15,18). The highest BCUT2D eigenvalue weighted by Gasteiger charge is 2.11. The zero-order chi connectivity index (χ0) is 13.7. The Morgan fingerprint density at radius 1 is 1.39 bits per heavy atom. The van der Waals surface area contributed by atoms with Crippen LogP contribution in [0.1, 0.15) is 44.9 Å². The van der Waals surface area contributed by atoms with Gasteiger partial charge in [0.15, 0.2) is 0 Å². The maximum atomic E-state index is 11.5. The van der Waals surface area contributed by atoms with Gasteiger partial charge in [0.05, 0.1) is 12.2 Å². The zero-order valence-corrected chi connectivity index (χ0v) is 11.9. The number of carbonyl (C=O) groups is 1. The van der Waals surface area contributed by atoms with Gasteiger partial charge in [-0.05, 0) is 19.8 Å². The summed E-state index contributed by atoms with van der Waals surface area (Å²) >= 11 is 0. The first-order valence-corrected chi connectivity index (χ1v) is 6.42. The summed E-state index contributed by atoms with van der Waals surface area (Å²) in [6, 6.07) is 0.184. The third kappa shape index (κ3) is 4.49. The predicted octanol–water partition coefficient (Wildman–Crippen LogP) is 1.16. The molecule has 1 aromatic rings. The second kappa shape index (κ2) is 6.54. The van der Waals surface area contributed by atoms with Crippen LogP contribution >= 0.6 is 0 Å². The van der Waals surface area contributed by atoms with Gasteiger partial charge in [-0.3, -0.25) is 9.48 Å². The van der Waals surface area contributed by atoms with Crippen molar-refractivity contribution in [2.45, 2.75) is 46.2 Å². The first-order valence-electron chi connectivity index (χ1n) is 6.42. The number of hydrogen-bond acceptors (Lipinski definition) is 3. The van der Waals surface area contributed by atoms with Crippen LogP contribution in [-0.4, -0.2) is 28.3 Å². The Balaban J connectivity index is 2.46. The normalized spacial score (nSPS) is 11.3. The molecule has 0 spiro atoms. The molecule has 0 atom stereocenters. The lowest BCUT2D eigenvalue weighted by atomic mass is 10.1. The molecule has 1 rings (SSSR count). The Hall–Kier alpha value is -1.36. The Morgan fingerprint density at radius 2 is 2.06 bits per heavy atom. The molecule has 2 N–H and O–H groups in total. The van der Waals surface area contributed by atoms with Crippen molar-refractivity contribution in [2.24, 2.45) is 7.05 Å². The van der Waals surface area contributed by atoms with Crippen molar-refractivity contribution in [1.29, 1.82) is 0 Å². The Morgan fingerprint density at radius 3 is 2.61 bits per heavy atom. The fourth-order valence-electron chi connectivity index (χ4n) is 1.86. The van der Waals surface area contributed by atoms with E-state index in [0.717, 1.165) is 11.3 Å². The third-order valence-corrected chi connectivity index (χ3v) is 2.53. The van der Waals surface area contributed by atoms with E-state index in [1.165, 1.54) is 0 Å². The van der Waals surface area contributed by atoms with Crippen molar-refractivity contribution < 1.29 is 4.79 Å². The smallest absolute Gasteiger partial charge is 0.234 e. The summed E-state index contributed by atoms with van der Waals surface area (Å²) in [6.45, 7) is 9.16. The van der Waals surface area contributed by atoms with Crippen LogP contribution in [-0.2, 0) is 18.4 Å². The summed E-state index contributed by atoms with van der Waals surface area (Å²) in [4.78, 5) is 11.5. The lowest BCUT2D eigenvalue weighted by molar-refractivity contribution is -0.120. The highest BCUT2D eigenvalue weighted by Crippen LogP contribution is 2.16.